The van der Waals surface area contributed by atoms with Crippen LogP contribution in [0.1, 0.15) is 48.2 Å². The molecule has 1 saturated heterocycles. The van der Waals surface area contributed by atoms with Crippen LogP contribution in [0.15, 0.2) is 36.4 Å². The average Bonchev–Trinajstić information content (AvgIpc) is 3.54. The number of aliphatic carboxylic acids is 1. The predicted octanol–water partition coefficient (Wildman–Crippen LogP) is 4.75. The molecular formula is C28H29ClF2N4O5. The van der Waals surface area contributed by atoms with E-state index < -0.39 is 35.8 Å². The zero-order chi connectivity index (χ0) is 28.4. The summed E-state index contributed by atoms with van der Waals surface area (Å²) in [6.45, 7) is 0.0182. The number of hydrogen-bond donors (Lipinski definition) is 3. The fourth-order valence-electron chi connectivity index (χ4n) is 5.45. The number of nitrogens with one attached hydrogen (secondary N) is 2. The molecule has 40 heavy (non-hydrogen) atoms. The van der Waals surface area contributed by atoms with Crippen LogP contribution >= 0.6 is 11.6 Å². The lowest BCUT2D eigenvalue weighted by molar-refractivity contribution is -0.144. The molecule has 1 aliphatic heterocycles. The SMILES string of the molecule is O=C(Nc1cc(F)c(CC(=O)N2C[C@@H](F)C[C@H]2CO[C@H]2CC[C@H](C(=O)O)CC2)cc1Cl)c1n[nH]c2ccccc12. The number of ether oxygens (including phenoxy) is 1. The van der Waals surface area contributed by atoms with Crippen molar-refractivity contribution in [2.75, 3.05) is 18.5 Å². The summed E-state index contributed by atoms with van der Waals surface area (Å²) in [6, 6.07) is 8.89. The van der Waals surface area contributed by atoms with Crippen LogP contribution in [0.3, 0.4) is 0 Å². The van der Waals surface area contributed by atoms with Gasteiger partial charge in [0.25, 0.3) is 5.91 Å². The lowest BCUT2D eigenvalue weighted by atomic mass is 9.87. The number of hydrogen-bond acceptors (Lipinski definition) is 5. The van der Waals surface area contributed by atoms with Crippen molar-refractivity contribution in [1.82, 2.24) is 15.1 Å². The molecule has 0 bridgehead atoms. The van der Waals surface area contributed by atoms with E-state index in [1.165, 1.54) is 11.0 Å². The van der Waals surface area contributed by atoms with Crippen LogP contribution in [-0.2, 0) is 20.7 Å². The Bertz CT molecular complexity index is 1420. The minimum Gasteiger partial charge on any atom is -0.481 e. The number of aromatic amines is 1. The number of carbonyl (C=O) groups is 3. The van der Waals surface area contributed by atoms with Gasteiger partial charge in [-0.3, -0.25) is 19.5 Å². The molecule has 2 heterocycles. The Kier molecular flexibility index (Phi) is 8.32. The van der Waals surface area contributed by atoms with Gasteiger partial charge in [-0.1, -0.05) is 29.8 Å². The van der Waals surface area contributed by atoms with E-state index >= 15 is 4.39 Å². The van der Waals surface area contributed by atoms with Crippen molar-refractivity contribution in [3.8, 4) is 0 Å². The van der Waals surface area contributed by atoms with Crippen molar-refractivity contribution in [1.29, 1.82) is 0 Å². The molecule has 5 rings (SSSR count). The highest BCUT2D eigenvalue weighted by molar-refractivity contribution is 6.34. The third kappa shape index (κ3) is 6.10. The van der Waals surface area contributed by atoms with E-state index in [-0.39, 0.29) is 60.0 Å². The van der Waals surface area contributed by atoms with Gasteiger partial charge in [-0.05, 0) is 49.4 Å². The van der Waals surface area contributed by atoms with Gasteiger partial charge in [-0.15, -0.1) is 0 Å². The Labute approximate surface area is 233 Å². The summed E-state index contributed by atoms with van der Waals surface area (Å²) in [5.41, 5.74) is 0.850. The number of likely N-dealkylation sites (tertiary alicyclic amines) is 1. The van der Waals surface area contributed by atoms with Crippen LogP contribution in [0.2, 0.25) is 5.02 Å². The molecular weight excluding hydrogens is 546 g/mol. The standard InChI is InChI=1S/C28H29ClF2N4O5/c29-21-9-16(22(31)12-24(21)32-27(37)26-20-3-1-2-4-23(20)33-34-26)10-25(36)35-13-17(30)11-18(35)14-40-19-7-5-15(6-8-19)28(38)39/h1-4,9,12,15,17-19H,5-8,10-11,13-14H2,(H,32,37)(H,33,34)(H,38,39)/t15-,17-,18-,19-/m0/s1. The zero-order valence-corrected chi connectivity index (χ0v) is 22.3. The Hall–Kier alpha value is -3.57. The molecule has 2 atom stereocenters. The number of nitrogens with zero attached hydrogens (tertiary/aromatic N) is 2. The first kappa shape index (κ1) is 28.0. The Morgan fingerprint density at radius 2 is 1.93 bits per heavy atom. The Morgan fingerprint density at radius 3 is 2.67 bits per heavy atom. The fraction of sp³-hybridized carbons (Fsp3) is 0.429. The smallest absolute Gasteiger partial charge is 0.306 e. The van der Waals surface area contributed by atoms with Crippen LogP contribution in [0, 0.1) is 11.7 Å². The number of alkyl halides is 1. The van der Waals surface area contributed by atoms with E-state index in [2.05, 4.69) is 15.5 Å². The third-order valence-electron chi connectivity index (χ3n) is 7.64. The Morgan fingerprint density at radius 1 is 1.18 bits per heavy atom. The number of halogens is 3. The van der Waals surface area contributed by atoms with E-state index in [1.807, 2.05) is 0 Å². The number of carbonyl (C=O) groups excluding carboxylic acids is 2. The summed E-state index contributed by atoms with van der Waals surface area (Å²) in [5, 5.41) is 19.1. The first-order valence-corrected chi connectivity index (χ1v) is 13.6. The summed E-state index contributed by atoms with van der Waals surface area (Å²) < 4.78 is 35.3. The van der Waals surface area contributed by atoms with Crippen molar-refractivity contribution in [3.05, 3.63) is 58.5 Å². The van der Waals surface area contributed by atoms with Crippen LogP contribution in [0.25, 0.3) is 10.9 Å². The van der Waals surface area contributed by atoms with E-state index in [1.54, 1.807) is 24.3 Å². The lowest BCUT2D eigenvalue weighted by Crippen LogP contribution is -2.40. The monoisotopic (exact) mass is 574 g/mol. The van der Waals surface area contributed by atoms with Gasteiger partial charge in [0, 0.05) is 11.8 Å². The average molecular weight is 575 g/mol. The second-order valence-corrected chi connectivity index (χ2v) is 10.8. The van der Waals surface area contributed by atoms with Crippen LogP contribution < -0.4 is 5.32 Å². The molecule has 12 heteroatoms. The number of benzene rings is 2. The van der Waals surface area contributed by atoms with Gasteiger partial charge in [-0.2, -0.15) is 5.10 Å². The molecule has 1 aromatic heterocycles. The highest BCUT2D eigenvalue weighted by Gasteiger charge is 2.36. The molecule has 9 nitrogen and oxygen atoms in total. The molecule has 1 aliphatic carbocycles. The topological polar surface area (TPSA) is 125 Å². The molecule has 1 saturated carbocycles. The number of carboxylic acid groups (broad SMARTS) is 1. The highest BCUT2D eigenvalue weighted by atomic mass is 35.5. The summed E-state index contributed by atoms with van der Waals surface area (Å²) in [5.74, 6) is -2.95. The second-order valence-electron chi connectivity index (χ2n) is 10.4. The van der Waals surface area contributed by atoms with E-state index in [9.17, 15) is 18.8 Å². The number of carboxylic acids is 1. The van der Waals surface area contributed by atoms with Gasteiger partial charge in [0.1, 0.15) is 12.0 Å². The normalized spacial score (nSPS) is 22.9. The number of amides is 2. The van der Waals surface area contributed by atoms with Gasteiger partial charge in [0.2, 0.25) is 5.91 Å². The number of rotatable bonds is 8. The fourth-order valence-corrected chi connectivity index (χ4v) is 5.68. The second kappa shape index (κ2) is 11.9. The molecule has 2 amide bonds. The number of H-pyrrole nitrogens is 1. The summed E-state index contributed by atoms with van der Waals surface area (Å²) in [7, 11) is 0. The molecule has 0 radical (unpaired) electrons. The third-order valence-corrected chi connectivity index (χ3v) is 7.96. The quantitative estimate of drug-likeness (QED) is 0.357. The maximum atomic E-state index is 15.0. The largest absolute Gasteiger partial charge is 0.481 e. The van der Waals surface area contributed by atoms with E-state index in [0.717, 1.165) is 6.07 Å². The highest BCUT2D eigenvalue weighted by Crippen LogP contribution is 2.30. The number of fused-ring (bicyclic) bond motifs is 1. The van der Waals surface area contributed by atoms with Crippen molar-refractivity contribution in [2.45, 2.75) is 56.8 Å². The zero-order valence-electron chi connectivity index (χ0n) is 21.5. The van der Waals surface area contributed by atoms with Crippen molar-refractivity contribution >= 4 is 46.0 Å². The first-order valence-electron chi connectivity index (χ1n) is 13.2. The van der Waals surface area contributed by atoms with Gasteiger partial charge < -0.3 is 20.1 Å². The van der Waals surface area contributed by atoms with E-state index in [0.29, 0.717) is 36.6 Å². The van der Waals surface area contributed by atoms with E-state index in [4.69, 9.17) is 21.4 Å². The molecule has 212 valence electrons. The molecule has 2 fully saturated rings. The number of aromatic nitrogens is 2. The lowest BCUT2D eigenvalue weighted by Gasteiger charge is -2.30. The van der Waals surface area contributed by atoms with Gasteiger partial charge in [0.15, 0.2) is 5.69 Å². The minimum atomic E-state index is -1.22. The van der Waals surface area contributed by atoms with Gasteiger partial charge >= 0.3 is 5.97 Å². The molecule has 2 aromatic carbocycles. The molecule has 3 N–H and O–H groups in total. The summed E-state index contributed by atoms with van der Waals surface area (Å²) >= 11 is 6.33. The minimum absolute atomic E-state index is 0.0205. The van der Waals surface area contributed by atoms with Crippen LogP contribution in [0.5, 0.6) is 0 Å². The number of para-hydroxylation sites is 1. The van der Waals surface area contributed by atoms with Crippen molar-refractivity contribution in [2.24, 2.45) is 5.92 Å². The molecule has 3 aromatic rings. The predicted molar refractivity (Wildman–Crippen MR) is 144 cm³/mol. The van der Waals surface area contributed by atoms with Gasteiger partial charge in [-0.25, -0.2) is 8.78 Å². The van der Waals surface area contributed by atoms with Crippen molar-refractivity contribution < 1.29 is 33.0 Å². The Balaban J connectivity index is 1.20. The first-order chi connectivity index (χ1) is 19.2. The summed E-state index contributed by atoms with van der Waals surface area (Å²) in [6.07, 6.45) is 0.665. The van der Waals surface area contributed by atoms with Crippen LogP contribution in [0.4, 0.5) is 14.5 Å². The van der Waals surface area contributed by atoms with Crippen molar-refractivity contribution in [3.63, 3.8) is 0 Å². The maximum absolute atomic E-state index is 15.0. The molecule has 0 unspecified atom stereocenters. The maximum Gasteiger partial charge on any atom is 0.306 e. The van der Waals surface area contributed by atoms with Crippen LogP contribution in [-0.4, -0.2) is 69.5 Å². The number of anilines is 1. The van der Waals surface area contributed by atoms with Gasteiger partial charge in [0.05, 0.1) is 53.9 Å². The molecule has 0 spiro atoms. The molecule has 2 aliphatic rings. The summed E-state index contributed by atoms with van der Waals surface area (Å²) in [4.78, 5) is 38.4.